The van der Waals surface area contributed by atoms with Crippen LogP contribution in [0.1, 0.15) is 70.2 Å². The summed E-state index contributed by atoms with van der Waals surface area (Å²) in [6.07, 6.45) is 1.36. The number of amides is 3. The summed E-state index contributed by atoms with van der Waals surface area (Å²) in [6, 6.07) is 10.5. The summed E-state index contributed by atoms with van der Waals surface area (Å²) < 4.78 is 5.28. The zero-order valence-electron chi connectivity index (χ0n) is 23.1. The van der Waals surface area contributed by atoms with E-state index < -0.39 is 42.2 Å². The summed E-state index contributed by atoms with van der Waals surface area (Å²) in [5.74, 6) is -1.05. The third-order valence-corrected chi connectivity index (χ3v) is 6.26. The van der Waals surface area contributed by atoms with Gasteiger partial charge in [0.15, 0.2) is 0 Å². The van der Waals surface area contributed by atoms with Crippen molar-refractivity contribution in [3.63, 3.8) is 0 Å². The van der Waals surface area contributed by atoms with E-state index in [-0.39, 0.29) is 6.54 Å². The van der Waals surface area contributed by atoms with Gasteiger partial charge in [-0.3, -0.25) is 9.59 Å². The first kappa shape index (κ1) is 31.1. The van der Waals surface area contributed by atoms with Gasteiger partial charge in [-0.15, -0.1) is 0 Å². The lowest BCUT2D eigenvalue weighted by Crippen LogP contribution is -2.54. The molecule has 0 fully saturated rings. The van der Waals surface area contributed by atoms with Crippen LogP contribution in [0, 0.1) is 6.92 Å². The van der Waals surface area contributed by atoms with Gasteiger partial charge in [-0.25, -0.2) is 4.79 Å². The summed E-state index contributed by atoms with van der Waals surface area (Å²) in [5, 5.41) is 15.8. The number of ether oxygens (including phenoxy) is 1. The Hall–Kier alpha value is -3.10. The lowest BCUT2D eigenvalue weighted by molar-refractivity contribution is -0.141. The average molecular weight is 546 g/mol. The molecule has 2 unspecified atom stereocenters. The molecule has 9 heteroatoms. The Bertz CT molecular complexity index is 1080. The highest BCUT2D eigenvalue weighted by atomic mass is 35.5. The van der Waals surface area contributed by atoms with Crippen molar-refractivity contribution in [3.05, 3.63) is 64.2 Å². The largest absolute Gasteiger partial charge is 0.444 e. The standard InChI is InChI=1S/C29H40ClN3O5/c1-7-9-17-33(27(36)23(18-34)31-28(37)38-29(4,5)6)25(21-15-13-20(8-2)14-16-21)26(35)32-24-19(3)11-10-12-22(24)30/h10-16,23,25,34H,7-9,17-18H2,1-6H3,(H,31,37)(H,32,35). The van der Waals surface area contributed by atoms with Crippen molar-refractivity contribution in [1.29, 1.82) is 0 Å². The fourth-order valence-electron chi connectivity index (χ4n) is 3.92. The number of benzene rings is 2. The van der Waals surface area contributed by atoms with Crippen LogP contribution in [0.5, 0.6) is 0 Å². The Morgan fingerprint density at radius 2 is 1.74 bits per heavy atom. The van der Waals surface area contributed by atoms with E-state index in [9.17, 15) is 19.5 Å². The first-order valence-corrected chi connectivity index (χ1v) is 13.3. The molecule has 0 saturated heterocycles. The van der Waals surface area contributed by atoms with Gasteiger partial charge >= 0.3 is 6.09 Å². The molecule has 38 heavy (non-hydrogen) atoms. The van der Waals surface area contributed by atoms with Crippen LogP contribution in [0.3, 0.4) is 0 Å². The fourth-order valence-corrected chi connectivity index (χ4v) is 4.19. The number of aryl methyl sites for hydroxylation is 2. The van der Waals surface area contributed by atoms with Crippen LogP contribution in [-0.4, -0.2) is 52.7 Å². The maximum absolute atomic E-state index is 13.9. The van der Waals surface area contributed by atoms with E-state index in [2.05, 4.69) is 10.6 Å². The van der Waals surface area contributed by atoms with E-state index >= 15 is 0 Å². The van der Waals surface area contributed by atoms with Crippen molar-refractivity contribution in [2.75, 3.05) is 18.5 Å². The predicted octanol–water partition coefficient (Wildman–Crippen LogP) is 5.40. The Kier molecular flexibility index (Phi) is 11.6. The summed E-state index contributed by atoms with van der Waals surface area (Å²) >= 11 is 6.38. The van der Waals surface area contributed by atoms with Crippen molar-refractivity contribution in [2.45, 2.75) is 78.5 Å². The number of rotatable bonds is 11. The fraction of sp³-hybridized carbons (Fsp3) is 0.483. The molecule has 2 aromatic rings. The van der Waals surface area contributed by atoms with Gasteiger partial charge in [0.2, 0.25) is 5.91 Å². The van der Waals surface area contributed by atoms with E-state index in [0.29, 0.717) is 22.7 Å². The first-order chi connectivity index (χ1) is 17.9. The molecule has 0 spiro atoms. The van der Waals surface area contributed by atoms with Gasteiger partial charge in [-0.05, 0) is 63.3 Å². The quantitative estimate of drug-likeness (QED) is 0.350. The summed E-state index contributed by atoms with van der Waals surface area (Å²) in [5.41, 5.74) is 2.13. The minimum absolute atomic E-state index is 0.233. The van der Waals surface area contributed by atoms with Gasteiger partial charge in [0.25, 0.3) is 5.91 Å². The van der Waals surface area contributed by atoms with Gasteiger partial charge in [0.1, 0.15) is 17.7 Å². The number of unbranched alkanes of at least 4 members (excludes halogenated alkanes) is 1. The minimum Gasteiger partial charge on any atom is -0.444 e. The van der Waals surface area contributed by atoms with Crippen molar-refractivity contribution in [1.82, 2.24) is 10.2 Å². The molecule has 3 amide bonds. The Morgan fingerprint density at radius 1 is 1.08 bits per heavy atom. The first-order valence-electron chi connectivity index (χ1n) is 13.0. The molecule has 0 aliphatic rings. The smallest absolute Gasteiger partial charge is 0.408 e. The van der Waals surface area contributed by atoms with E-state index in [1.807, 2.05) is 51.1 Å². The van der Waals surface area contributed by atoms with Gasteiger partial charge < -0.3 is 25.4 Å². The van der Waals surface area contributed by atoms with Crippen molar-refractivity contribution < 1.29 is 24.2 Å². The van der Waals surface area contributed by atoms with E-state index in [4.69, 9.17) is 16.3 Å². The number of nitrogens with one attached hydrogen (secondary N) is 2. The summed E-state index contributed by atoms with van der Waals surface area (Å²) in [6.45, 7) is 10.5. The number of carbonyl (C=O) groups excluding carboxylic acids is 3. The number of hydrogen-bond donors (Lipinski definition) is 3. The van der Waals surface area contributed by atoms with Crippen LogP contribution in [-0.2, 0) is 20.7 Å². The number of alkyl carbamates (subject to hydrolysis) is 1. The molecule has 0 aliphatic heterocycles. The van der Waals surface area contributed by atoms with Crippen molar-refractivity contribution in [2.24, 2.45) is 0 Å². The van der Waals surface area contributed by atoms with Crippen LogP contribution in [0.15, 0.2) is 42.5 Å². The zero-order chi connectivity index (χ0) is 28.5. The molecule has 0 bridgehead atoms. The second kappa shape index (κ2) is 14.2. The lowest BCUT2D eigenvalue weighted by Gasteiger charge is -2.34. The molecule has 0 radical (unpaired) electrons. The van der Waals surface area contributed by atoms with Gasteiger partial charge in [-0.2, -0.15) is 0 Å². The number of halogens is 1. The number of aliphatic hydroxyl groups is 1. The highest BCUT2D eigenvalue weighted by Crippen LogP contribution is 2.30. The molecular weight excluding hydrogens is 506 g/mol. The van der Waals surface area contributed by atoms with Crippen LogP contribution in [0.4, 0.5) is 10.5 Å². The third-order valence-electron chi connectivity index (χ3n) is 5.94. The number of carbonyl (C=O) groups is 3. The number of nitrogens with zero attached hydrogens (tertiary/aromatic N) is 1. The van der Waals surface area contributed by atoms with Gasteiger partial charge in [0.05, 0.1) is 17.3 Å². The lowest BCUT2D eigenvalue weighted by atomic mass is 10.00. The number of para-hydroxylation sites is 1. The molecule has 0 aliphatic carbocycles. The zero-order valence-corrected chi connectivity index (χ0v) is 23.9. The second-order valence-corrected chi connectivity index (χ2v) is 10.6. The molecule has 0 aromatic heterocycles. The van der Waals surface area contributed by atoms with Gasteiger partial charge in [-0.1, -0.05) is 68.3 Å². The van der Waals surface area contributed by atoms with E-state index in [0.717, 1.165) is 24.0 Å². The molecule has 0 heterocycles. The van der Waals surface area contributed by atoms with Gasteiger partial charge in [0, 0.05) is 6.54 Å². The second-order valence-electron chi connectivity index (χ2n) is 10.2. The average Bonchev–Trinajstić information content (AvgIpc) is 2.86. The maximum atomic E-state index is 13.9. The van der Waals surface area contributed by atoms with Crippen molar-refractivity contribution >= 4 is 35.2 Å². The Balaban J connectivity index is 2.51. The number of anilines is 1. The maximum Gasteiger partial charge on any atom is 0.408 e. The normalized spacial score (nSPS) is 12.8. The molecule has 2 atom stereocenters. The number of hydrogen-bond acceptors (Lipinski definition) is 5. The Labute approximate surface area is 230 Å². The van der Waals surface area contributed by atoms with Crippen LogP contribution in [0.2, 0.25) is 5.02 Å². The van der Waals surface area contributed by atoms with E-state index in [1.54, 1.807) is 32.9 Å². The number of aliphatic hydroxyl groups excluding tert-OH is 1. The summed E-state index contributed by atoms with van der Waals surface area (Å²) in [4.78, 5) is 41.5. The summed E-state index contributed by atoms with van der Waals surface area (Å²) in [7, 11) is 0. The highest BCUT2D eigenvalue weighted by Gasteiger charge is 2.36. The van der Waals surface area contributed by atoms with Crippen molar-refractivity contribution in [3.8, 4) is 0 Å². The molecule has 2 rings (SSSR count). The third kappa shape index (κ3) is 8.74. The molecule has 3 N–H and O–H groups in total. The monoisotopic (exact) mass is 545 g/mol. The molecule has 0 saturated carbocycles. The SMILES string of the molecule is CCCCN(C(=O)C(CO)NC(=O)OC(C)(C)C)C(C(=O)Nc1c(C)cccc1Cl)c1ccc(CC)cc1. The predicted molar refractivity (Wildman–Crippen MR) is 150 cm³/mol. The van der Waals surface area contributed by atoms with Crippen LogP contribution in [0.25, 0.3) is 0 Å². The van der Waals surface area contributed by atoms with Crippen LogP contribution >= 0.6 is 11.6 Å². The topological polar surface area (TPSA) is 108 Å². The minimum atomic E-state index is -1.30. The van der Waals surface area contributed by atoms with Crippen LogP contribution < -0.4 is 10.6 Å². The Morgan fingerprint density at radius 3 is 2.26 bits per heavy atom. The highest BCUT2D eigenvalue weighted by molar-refractivity contribution is 6.34. The molecule has 2 aromatic carbocycles. The molecule has 8 nitrogen and oxygen atoms in total. The molecular formula is C29H40ClN3O5. The van der Waals surface area contributed by atoms with E-state index in [1.165, 1.54) is 4.90 Å². The molecule has 208 valence electrons.